The Morgan fingerprint density at radius 2 is 2.15 bits per heavy atom. The monoisotopic (exact) mass is 296 g/mol. The lowest BCUT2D eigenvalue weighted by atomic mass is 10.0. The molecule has 1 aliphatic carbocycles. The summed E-state index contributed by atoms with van der Waals surface area (Å²) in [6, 6.07) is 3.26. The van der Waals surface area contributed by atoms with Crippen LogP contribution in [0.4, 0.5) is 11.4 Å². The van der Waals surface area contributed by atoms with Crippen LogP contribution in [0.1, 0.15) is 43.5 Å². The van der Waals surface area contributed by atoms with E-state index in [2.05, 4.69) is 12.2 Å². The molecule has 0 radical (unpaired) electrons. The summed E-state index contributed by atoms with van der Waals surface area (Å²) in [5, 5.41) is 3.77. The maximum absolute atomic E-state index is 12.0. The Morgan fingerprint density at radius 1 is 1.45 bits per heavy atom. The number of hydrogen-bond donors (Lipinski definition) is 2. The molecule has 0 bridgehead atoms. The minimum atomic E-state index is -0.398. The molecule has 1 aliphatic rings. The third kappa shape index (κ3) is 3.18. The van der Waals surface area contributed by atoms with Crippen molar-refractivity contribution in [3.8, 4) is 0 Å². The molecule has 3 N–H and O–H groups in total. The number of hydrogen-bond acceptors (Lipinski definition) is 4. The van der Waals surface area contributed by atoms with Crippen molar-refractivity contribution in [1.29, 1.82) is 0 Å². The first-order valence-corrected chi connectivity index (χ1v) is 7.39. The highest BCUT2D eigenvalue weighted by Gasteiger charge is 2.40. The molecule has 2 rings (SSSR count). The van der Waals surface area contributed by atoms with E-state index >= 15 is 0 Å². The smallest absolute Gasteiger partial charge is 0.340 e. The van der Waals surface area contributed by atoms with Crippen LogP contribution >= 0.6 is 11.6 Å². The normalized spacial score (nSPS) is 15.8. The highest BCUT2D eigenvalue weighted by atomic mass is 35.5. The fourth-order valence-corrected chi connectivity index (χ4v) is 2.58. The Bertz CT molecular complexity index is 513. The molecule has 0 amide bonds. The molecule has 20 heavy (non-hydrogen) atoms. The van der Waals surface area contributed by atoms with Gasteiger partial charge in [-0.3, -0.25) is 0 Å². The number of carbonyl (C=O) groups is 1. The summed E-state index contributed by atoms with van der Waals surface area (Å²) in [7, 11) is 0. The minimum Gasteiger partial charge on any atom is -0.462 e. The second kappa shape index (κ2) is 5.92. The summed E-state index contributed by atoms with van der Waals surface area (Å²) < 4.78 is 5.06. The number of ether oxygens (including phenoxy) is 1. The van der Waals surface area contributed by atoms with Crippen LogP contribution < -0.4 is 11.1 Å². The number of nitrogen functional groups attached to an aromatic ring is 1. The van der Waals surface area contributed by atoms with Gasteiger partial charge in [0.15, 0.2) is 0 Å². The Hall–Kier alpha value is -1.42. The standard InChI is InChI=1S/C15H21ClN2O2/c1-3-15(5-6-15)9-18-13-11(14(19)20-4-2)7-10(17)8-12(13)16/h7-8,18H,3-6,9,17H2,1-2H3. The lowest BCUT2D eigenvalue weighted by Crippen LogP contribution is -2.17. The quantitative estimate of drug-likeness (QED) is 0.620. The third-order valence-corrected chi connectivity index (χ3v) is 4.25. The molecule has 0 saturated heterocycles. The molecule has 1 saturated carbocycles. The van der Waals surface area contributed by atoms with Crippen molar-refractivity contribution < 1.29 is 9.53 Å². The lowest BCUT2D eigenvalue weighted by molar-refractivity contribution is 0.0527. The van der Waals surface area contributed by atoms with Gasteiger partial charge in [0.2, 0.25) is 0 Å². The van der Waals surface area contributed by atoms with Crippen LogP contribution in [0, 0.1) is 5.41 Å². The SMILES string of the molecule is CCOC(=O)c1cc(N)cc(Cl)c1NCC1(CC)CC1. The van der Waals surface area contributed by atoms with Gasteiger partial charge in [-0.05, 0) is 43.7 Å². The predicted molar refractivity (Wildman–Crippen MR) is 82.3 cm³/mol. The Kier molecular flexibility index (Phi) is 4.43. The van der Waals surface area contributed by atoms with Crippen LogP contribution in [0.3, 0.4) is 0 Å². The van der Waals surface area contributed by atoms with Crippen molar-refractivity contribution in [3.63, 3.8) is 0 Å². The van der Waals surface area contributed by atoms with Crippen molar-refractivity contribution in [2.24, 2.45) is 5.41 Å². The van der Waals surface area contributed by atoms with Crippen LogP contribution in [-0.2, 0) is 4.74 Å². The number of halogens is 1. The van der Waals surface area contributed by atoms with E-state index in [0.29, 0.717) is 34.0 Å². The van der Waals surface area contributed by atoms with E-state index in [0.717, 1.165) is 13.0 Å². The van der Waals surface area contributed by atoms with Gasteiger partial charge in [-0.15, -0.1) is 0 Å². The number of rotatable bonds is 6. The van der Waals surface area contributed by atoms with E-state index in [1.54, 1.807) is 19.1 Å². The van der Waals surface area contributed by atoms with Gasteiger partial charge in [0.05, 0.1) is 22.9 Å². The zero-order valence-corrected chi connectivity index (χ0v) is 12.7. The van der Waals surface area contributed by atoms with Crippen molar-refractivity contribution in [2.75, 3.05) is 24.2 Å². The second-order valence-electron chi connectivity index (χ2n) is 5.35. The van der Waals surface area contributed by atoms with E-state index in [1.165, 1.54) is 12.8 Å². The molecule has 4 nitrogen and oxygen atoms in total. The maximum atomic E-state index is 12.0. The maximum Gasteiger partial charge on any atom is 0.340 e. The van der Waals surface area contributed by atoms with Gasteiger partial charge in [0, 0.05) is 12.2 Å². The molecule has 0 unspecified atom stereocenters. The van der Waals surface area contributed by atoms with Crippen LogP contribution in [0.15, 0.2) is 12.1 Å². The largest absolute Gasteiger partial charge is 0.462 e. The fourth-order valence-electron chi connectivity index (χ4n) is 2.29. The van der Waals surface area contributed by atoms with Crippen molar-refractivity contribution in [2.45, 2.75) is 33.1 Å². The molecule has 0 aromatic heterocycles. The van der Waals surface area contributed by atoms with E-state index in [1.807, 2.05) is 0 Å². The fraction of sp³-hybridized carbons (Fsp3) is 0.533. The summed E-state index contributed by atoms with van der Waals surface area (Å²) in [5.41, 5.74) is 7.61. The number of esters is 1. The van der Waals surface area contributed by atoms with Crippen LogP contribution in [0.2, 0.25) is 5.02 Å². The summed E-state index contributed by atoms with van der Waals surface area (Å²) >= 11 is 6.22. The van der Waals surface area contributed by atoms with Gasteiger partial charge in [0.25, 0.3) is 0 Å². The van der Waals surface area contributed by atoms with Gasteiger partial charge in [-0.2, -0.15) is 0 Å². The van der Waals surface area contributed by atoms with Crippen molar-refractivity contribution in [1.82, 2.24) is 0 Å². The van der Waals surface area contributed by atoms with Crippen LogP contribution in [0.25, 0.3) is 0 Å². The number of carbonyl (C=O) groups excluding carboxylic acids is 1. The third-order valence-electron chi connectivity index (χ3n) is 3.96. The average molecular weight is 297 g/mol. The highest BCUT2D eigenvalue weighted by molar-refractivity contribution is 6.34. The summed E-state index contributed by atoms with van der Waals surface area (Å²) in [4.78, 5) is 12.0. The first-order valence-electron chi connectivity index (χ1n) is 7.01. The number of nitrogens with one attached hydrogen (secondary N) is 1. The van der Waals surface area contributed by atoms with Gasteiger partial charge < -0.3 is 15.8 Å². The van der Waals surface area contributed by atoms with E-state index in [9.17, 15) is 4.79 Å². The number of anilines is 2. The first-order chi connectivity index (χ1) is 9.51. The molecule has 0 heterocycles. The van der Waals surface area contributed by atoms with Crippen molar-refractivity contribution in [3.05, 3.63) is 22.7 Å². The van der Waals surface area contributed by atoms with Gasteiger partial charge in [-0.25, -0.2) is 4.79 Å². The molecular formula is C15H21ClN2O2. The van der Waals surface area contributed by atoms with Crippen molar-refractivity contribution >= 4 is 28.9 Å². The van der Waals surface area contributed by atoms with E-state index < -0.39 is 5.97 Å². The van der Waals surface area contributed by atoms with Gasteiger partial charge >= 0.3 is 5.97 Å². The highest BCUT2D eigenvalue weighted by Crippen LogP contribution is 2.48. The molecule has 1 aromatic carbocycles. The van der Waals surface area contributed by atoms with Gasteiger partial charge in [0.1, 0.15) is 0 Å². The lowest BCUT2D eigenvalue weighted by Gasteiger charge is -2.18. The Labute approximate surface area is 124 Å². The molecule has 5 heteroatoms. The Balaban J connectivity index is 2.23. The minimum absolute atomic E-state index is 0.323. The predicted octanol–water partition coefficient (Wildman–Crippen LogP) is 3.70. The topological polar surface area (TPSA) is 64.3 Å². The zero-order valence-electron chi connectivity index (χ0n) is 12.0. The first kappa shape index (κ1) is 15.0. The van der Waals surface area contributed by atoms with E-state index in [4.69, 9.17) is 22.1 Å². The number of nitrogens with two attached hydrogens (primary N) is 1. The Morgan fingerprint density at radius 3 is 2.70 bits per heavy atom. The van der Waals surface area contributed by atoms with Gasteiger partial charge in [-0.1, -0.05) is 18.5 Å². The number of benzene rings is 1. The van der Waals surface area contributed by atoms with Crippen LogP contribution in [-0.4, -0.2) is 19.1 Å². The molecule has 110 valence electrons. The van der Waals surface area contributed by atoms with E-state index in [-0.39, 0.29) is 0 Å². The molecule has 0 atom stereocenters. The average Bonchev–Trinajstić information content (AvgIpc) is 3.18. The molecule has 1 aromatic rings. The molecule has 0 spiro atoms. The summed E-state index contributed by atoms with van der Waals surface area (Å²) in [6.45, 7) is 5.10. The second-order valence-corrected chi connectivity index (χ2v) is 5.76. The summed E-state index contributed by atoms with van der Waals surface area (Å²) in [6.07, 6.45) is 3.57. The molecule has 0 aliphatic heterocycles. The summed E-state index contributed by atoms with van der Waals surface area (Å²) in [5.74, 6) is -0.398. The zero-order chi connectivity index (χ0) is 14.8. The molecular weight excluding hydrogens is 276 g/mol. The van der Waals surface area contributed by atoms with Crippen LogP contribution in [0.5, 0.6) is 0 Å². The molecule has 1 fully saturated rings.